The van der Waals surface area contributed by atoms with Gasteiger partial charge in [-0.25, -0.2) is 4.98 Å². The van der Waals surface area contributed by atoms with Crippen molar-refractivity contribution in [2.24, 2.45) is 13.0 Å². The molecule has 2 aliphatic rings. The Kier molecular flexibility index (Phi) is 5.39. The van der Waals surface area contributed by atoms with Gasteiger partial charge in [0, 0.05) is 18.6 Å². The number of para-hydroxylation sites is 2. The van der Waals surface area contributed by atoms with Crippen LogP contribution in [0.3, 0.4) is 0 Å². The van der Waals surface area contributed by atoms with E-state index < -0.39 is 24.2 Å². The zero-order valence-corrected chi connectivity index (χ0v) is 18.4. The van der Waals surface area contributed by atoms with Gasteiger partial charge < -0.3 is 19.3 Å². The van der Waals surface area contributed by atoms with Gasteiger partial charge in [-0.1, -0.05) is 35.9 Å². The van der Waals surface area contributed by atoms with Crippen molar-refractivity contribution in [3.05, 3.63) is 64.9 Å². The maximum absolute atomic E-state index is 13.5. The number of carbonyl (C=O) groups excluding carboxylic acids is 1. The lowest BCUT2D eigenvalue weighted by atomic mass is 9.95. The van der Waals surface area contributed by atoms with Gasteiger partial charge in [-0.15, -0.1) is 0 Å². The second kappa shape index (κ2) is 8.22. The van der Waals surface area contributed by atoms with Crippen LogP contribution in [-0.4, -0.2) is 44.1 Å². The van der Waals surface area contributed by atoms with E-state index in [0.717, 1.165) is 29.4 Å². The van der Waals surface area contributed by atoms with Crippen molar-refractivity contribution in [1.82, 2.24) is 14.5 Å². The smallest absolute Gasteiger partial charge is 0.306 e. The van der Waals surface area contributed by atoms with Gasteiger partial charge in [-0.05, 0) is 48.6 Å². The Morgan fingerprint density at radius 3 is 2.69 bits per heavy atom. The first-order valence-electron chi connectivity index (χ1n) is 10.8. The van der Waals surface area contributed by atoms with Gasteiger partial charge in [-0.2, -0.15) is 0 Å². The number of ether oxygens (including phenoxy) is 1. The summed E-state index contributed by atoms with van der Waals surface area (Å²) in [6, 6.07) is 14.6. The molecule has 0 bridgehead atoms. The van der Waals surface area contributed by atoms with Crippen molar-refractivity contribution in [3.8, 4) is 0 Å². The van der Waals surface area contributed by atoms with Crippen molar-refractivity contribution >= 4 is 34.5 Å². The van der Waals surface area contributed by atoms with Crippen molar-refractivity contribution in [3.63, 3.8) is 0 Å². The largest absolute Gasteiger partial charge is 0.481 e. The third-order valence-electron chi connectivity index (χ3n) is 6.27. The summed E-state index contributed by atoms with van der Waals surface area (Å²) in [6.45, 7) is 0.559. The van der Waals surface area contributed by atoms with Crippen molar-refractivity contribution in [1.29, 1.82) is 0 Å². The van der Waals surface area contributed by atoms with E-state index in [0.29, 0.717) is 23.3 Å². The van der Waals surface area contributed by atoms with Crippen molar-refractivity contribution in [2.75, 3.05) is 6.54 Å². The van der Waals surface area contributed by atoms with Crippen LogP contribution in [0.15, 0.2) is 48.5 Å². The second-order valence-corrected chi connectivity index (χ2v) is 9.03. The van der Waals surface area contributed by atoms with Gasteiger partial charge >= 0.3 is 5.97 Å². The lowest BCUT2D eigenvalue weighted by Crippen LogP contribution is -2.52. The molecule has 1 aliphatic heterocycles. The Morgan fingerprint density at radius 2 is 2.00 bits per heavy atom. The van der Waals surface area contributed by atoms with Gasteiger partial charge in [0.25, 0.3) is 5.91 Å². The molecular weight excluding hydrogens is 430 g/mol. The van der Waals surface area contributed by atoms with Gasteiger partial charge in [0.2, 0.25) is 0 Å². The van der Waals surface area contributed by atoms with Crippen molar-refractivity contribution in [2.45, 2.75) is 37.5 Å². The topological polar surface area (TPSA) is 84.7 Å². The standard InChI is InChI=1S/C24H24ClN3O4/c1-27-18-8-3-2-7-17(18)26-23(27)21-22(15-5-4-6-16(25)11-15)32-19(12-20(29)30)24(31)28(21)13-14-9-10-14/h2-8,11,14,19,21-22H,9-10,12-13H2,1H3,(H,29,30)/t19-,21+,22-/m1/s1. The summed E-state index contributed by atoms with van der Waals surface area (Å²) in [5.74, 6) is -0.242. The third-order valence-corrected chi connectivity index (χ3v) is 6.50. The molecule has 8 heteroatoms. The number of amides is 1. The first kappa shape index (κ1) is 21.0. The Bertz CT molecular complexity index is 1190. The Balaban J connectivity index is 1.66. The number of nitrogens with zero attached hydrogens (tertiary/aromatic N) is 3. The molecule has 5 rings (SSSR count). The predicted molar refractivity (Wildman–Crippen MR) is 119 cm³/mol. The Labute approximate surface area is 190 Å². The van der Waals surface area contributed by atoms with E-state index in [9.17, 15) is 14.7 Å². The minimum Gasteiger partial charge on any atom is -0.481 e. The first-order chi connectivity index (χ1) is 15.4. The third kappa shape index (κ3) is 3.87. The molecule has 1 saturated carbocycles. The SMILES string of the molecule is Cn1c([C@@H]2[C@@H](c3cccc(Cl)c3)O[C@H](CC(=O)O)C(=O)N2CC2CC2)nc2ccccc21. The Morgan fingerprint density at radius 1 is 1.22 bits per heavy atom. The number of carboxylic acid groups (broad SMARTS) is 1. The fraction of sp³-hybridized carbons (Fsp3) is 0.375. The molecule has 1 N–H and O–H groups in total. The number of benzene rings is 2. The van der Waals surface area contributed by atoms with E-state index in [1.54, 1.807) is 11.0 Å². The summed E-state index contributed by atoms with van der Waals surface area (Å²) >= 11 is 6.28. The number of halogens is 1. The quantitative estimate of drug-likeness (QED) is 0.606. The molecule has 1 aliphatic carbocycles. The molecule has 1 aromatic heterocycles. The first-order valence-corrected chi connectivity index (χ1v) is 11.1. The molecule has 2 heterocycles. The van der Waals surface area contributed by atoms with E-state index in [-0.39, 0.29) is 12.3 Å². The van der Waals surface area contributed by atoms with Crippen LogP contribution in [0.2, 0.25) is 5.02 Å². The van der Waals surface area contributed by atoms with Gasteiger partial charge in [0.1, 0.15) is 24.1 Å². The van der Waals surface area contributed by atoms with Crippen LogP contribution in [0.1, 0.15) is 42.8 Å². The van der Waals surface area contributed by atoms with Gasteiger partial charge in [0.15, 0.2) is 0 Å². The summed E-state index contributed by atoms with van der Waals surface area (Å²) < 4.78 is 8.21. The fourth-order valence-corrected chi connectivity index (χ4v) is 4.72. The van der Waals surface area contributed by atoms with E-state index in [4.69, 9.17) is 21.3 Å². The van der Waals surface area contributed by atoms with E-state index in [2.05, 4.69) is 0 Å². The predicted octanol–water partition coefficient (Wildman–Crippen LogP) is 4.12. The maximum Gasteiger partial charge on any atom is 0.306 e. The highest BCUT2D eigenvalue weighted by atomic mass is 35.5. The molecule has 3 aromatic rings. The Hall–Kier alpha value is -2.90. The van der Waals surface area contributed by atoms with Crippen LogP contribution >= 0.6 is 11.6 Å². The van der Waals surface area contributed by atoms with E-state index in [1.165, 1.54) is 0 Å². The highest BCUT2D eigenvalue weighted by Crippen LogP contribution is 2.45. The van der Waals surface area contributed by atoms with E-state index >= 15 is 0 Å². The normalized spacial score (nSPS) is 23.6. The maximum atomic E-state index is 13.5. The number of aryl methyl sites for hydroxylation is 1. The number of carbonyl (C=O) groups is 2. The zero-order chi connectivity index (χ0) is 22.4. The number of morpholine rings is 1. The summed E-state index contributed by atoms with van der Waals surface area (Å²) in [5, 5.41) is 9.95. The minimum absolute atomic E-state index is 0.297. The summed E-state index contributed by atoms with van der Waals surface area (Å²) in [7, 11) is 1.93. The van der Waals surface area contributed by atoms with Crippen LogP contribution in [0.4, 0.5) is 0 Å². The summed E-state index contributed by atoms with van der Waals surface area (Å²) in [4.78, 5) is 31.6. The minimum atomic E-state index is -1.07. The number of imidazole rings is 1. The molecule has 2 aromatic carbocycles. The molecule has 32 heavy (non-hydrogen) atoms. The van der Waals surface area contributed by atoms with Gasteiger partial charge in [-0.3, -0.25) is 9.59 Å². The summed E-state index contributed by atoms with van der Waals surface area (Å²) in [5.41, 5.74) is 2.58. The molecule has 166 valence electrons. The lowest BCUT2D eigenvalue weighted by molar-refractivity contribution is -0.180. The zero-order valence-electron chi connectivity index (χ0n) is 17.6. The monoisotopic (exact) mass is 453 g/mol. The highest BCUT2D eigenvalue weighted by molar-refractivity contribution is 6.30. The number of carboxylic acids is 1. The van der Waals surface area contributed by atoms with Crippen molar-refractivity contribution < 1.29 is 19.4 Å². The molecule has 7 nitrogen and oxygen atoms in total. The number of aliphatic carboxylic acids is 1. The summed E-state index contributed by atoms with van der Waals surface area (Å²) in [6.07, 6.45) is 0.0920. The molecule has 2 fully saturated rings. The van der Waals surface area contributed by atoms with Crippen LogP contribution in [-0.2, 0) is 21.4 Å². The number of hydrogen-bond donors (Lipinski definition) is 1. The van der Waals surface area contributed by atoms with Crippen LogP contribution in [0.5, 0.6) is 0 Å². The molecule has 0 radical (unpaired) electrons. The number of fused-ring (bicyclic) bond motifs is 1. The fourth-order valence-electron chi connectivity index (χ4n) is 4.52. The number of aromatic nitrogens is 2. The van der Waals surface area contributed by atoms with Crippen LogP contribution in [0.25, 0.3) is 11.0 Å². The highest BCUT2D eigenvalue weighted by Gasteiger charge is 2.48. The second-order valence-electron chi connectivity index (χ2n) is 8.59. The number of rotatable bonds is 6. The lowest BCUT2D eigenvalue weighted by Gasteiger charge is -2.44. The van der Waals surface area contributed by atoms with Crippen LogP contribution in [0, 0.1) is 5.92 Å². The molecule has 0 unspecified atom stereocenters. The average Bonchev–Trinajstić information content (AvgIpc) is 3.53. The molecule has 1 saturated heterocycles. The molecular formula is C24H24ClN3O4. The molecule has 1 amide bonds. The van der Waals surface area contributed by atoms with E-state index in [1.807, 2.05) is 54.1 Å². The number of hydrogen-bond acceptors (Lipinski definition) is 4. The van der Waals surface area contributed by atoms with Gasteiger partial charge in [0.05, 0.1) is 17.5 Å². The average molecular weight is 454 g/mol. The van der Waals surface area contributed by atoms with Crippen LogP contribution < -0.4 is 0 Å². The molecule has 0 spiro atoms. The molecule has 3 atom stereocenters.